The third-order valence-corrected chi connectivity index (χ3v) is 3.90. The first-order valence-corrected chi connectivity index (χ1v) is 7.82. The summed E-state index contributed by atoms with van der Waals surface area (Å²) in [6.45, 7) is 7.84. The summed E-state index contributed by atoms with van der Waals surface area (Å²) >= 11 is 0. The molecule has 1 aliphatic carbocycles. The van der Waals surface area contributed by atoms with Gasteiger partial charge in [0.05, 0.1) is 6.07 Å². The Morgan fingerprint density at radius 1 is 1.32 bits per heavy atom. The van der Waals surface area contributed by atoms with Crippen LogP contribution in [0.1, 0.15) is 65.7 Å². The van der Waals surface area contributed by atoms with E-state index in [0.29, 0.717) is 6.04 Å². The molecule has 3 nitrogen and oxygen atoms in total. The van der Waals surface area contributed by atoms with Crippen molar-refractivity contribution in [2.45, 2.75) is 77.3 Å². The SMILES string of the molecule is CC(C)NC(C)(C#N)CCCOCC1CCCCC1. The van der Waals surface area contributed by atoms with E-state index in [1.807, 2.05) is 6.92 Å². The molecule has 1 saturated carbocycles. The van der Waals surface area contributed by atoms with Gasteiger partial charge in [-0.2, -0.15) is 5.26 Å². The molecule has 0 radical (unpaired) electrons. The quantitative estimate of drug-likeness (QED) is 0.682. The minimum Gasteiger partial charge on any atom is -0.381 e. The molecular formula is C16H30N2O. The molecule has 0 aromatic rings. The molecule has 1 N–H and O–H groups in total. The Morgan fingerprint density at radius 2 is 2.00 bits per heavy atom. The van der Waals surface area contributed by atoms with Crippen LogP contribution in [0.25, 0.3) is 0 Å². The normalized spacial score (nSPS) is 20.2. The van der Waals surface area contributed by atoms with E-state index in [1.54, 1.807) is 0 Å². The first-order valence-electron chi connectivity index (χ1n) is 7.82. The summed E-state index contributed by atoms with van der Waals surface area (Å²) in [5, 5.41) is 12.6. The number of hydrogen-bond acceptors (Lipinski definition) is 3. The fourth-order valence-electron chi connectivity index (χ4n) is 2.93. The zero-order valence-corrected chi connectivity index (χ0v) is 12.9. The zero-order valence-electron chi connectivity index (χ0n) is 12.9. The predicted molar refractivity (Wildman–Crippen MR) is 78.9 cm³/mol. The molecule has 0 saturated heterocycles. The van der Waals surface area contributed by atoms with Crippen LogP contribution < -0.4 is 5.32 Å². The lowest BCUT2D eigenvalue weighted by Gasteiger charge is -2.26. The second kappa shape index (κ2) is 8.55. The van der Waals surface area contributed by atoms with Crippen LogP contribution in [-0.4, -0.2) is 24.8 Å². The van der Waals surface area contributed by atoms with Gasteiger partial charge in [-0.3, -0.25) is 5.32 Å². The van der Waals surface area contributed by atoms with Crippen LogP contribution in [0.4, 0.5) is 0 Å². The maximum atomic E-state index is 9.24. The number of rotatable bonds is 8. The second-order valence-electron chi connectivity index (χ2n) is 6.43. The smallest absolute Gasteiger partial charge is 0.104 e. The molecule has 1 rings (SSSR count). The fourth-order valence-corrected chi connectivity index (χ4v) is 2.93. The highest BCUT2D eigenvalue weighted by Gasteiger charge is 2.23. The fraction of sp³-hybridized carbons (Fsp3) is 0.938. The molecule has 3 heteroatoms. The van der Waals surface area contributed by atoms with Gasteiger partial charge in [-0.15, -0.1) is 0 Å². The van der Waals surface area contributed by atoms with E-state index in [-0.39, 0.29) is 0 Å². The minimum atomic E-state index is -0.414. The number of nitriles is 1. The molecule has 0 amide bonds. The highest BCUT2D eigenvalue weighted by atomic mass is 16.5. The van der Waals surface area contributed by atoms with Gasteiger partial charge in [-0.05, 0) is 52.4 Å². The van der Waals surface area contributed by atoms with E-state index >= 15 is 0 Å². The van der Waals surface area contributed by atoms with Crippen LogP contribution in [0.5, 0.6) is 0 Å². The van der Waals surface area contributed by atoms with E-state index in [2.05, 4.69) is 25.2 Å². The highest BCUT2D eigenvalue weighted by Crippen LogP contribution is 2.23. The first-order chi connectivity index (χ1) is 9.06. The summed E-state index contributed by atoms with van der Waals surface area (Å²) in [4.78, 5) is 0. The summed E-state index contributed by atoms with van der Waals surface area (Å²) in [7, 11) is 0. The summed E-state index contributed by atoms with van der Waals surface area (Å²) < 4.78 is 5.78. The van der Waals surface area contributed by atoms with Gasteiger partial charge >= 0.3 is 0 Å². The summed E-state index contributed by atoms with van der Waals surface area (Å²) in [6, 6.07) is 2.72. The third kappa shape index (κ3) is 6.94. The molecule has 1 unspecified atom stereocenters. The maximum Gasteiger partial charge on any atom is 0.104 e. The van der Waals surface area contributed by atoms with Crippen molar-refractivity contribution >= 4 is 0 Å². The van der Waals surface area contributed by atoms with Gasteiger partial charge in [-0.1, -0.05) is 19.3 Å². The topological polar surface area (TPSA) is 45.0 Å². The molecule has 0 aromatic heterocycles. The monoisotopic (exact) mass is 266 g/mol. The lowest BCUT2D eigenvalue weighted by atomic mass is 9.90. The lowest BCUT2D eigenvalue weighted by molar-refractivity contribution is 0.0800. The van der Waals surface area contributed by atoms with Gasteiger partial charge in [0.1, 0.15) is 5.54 Å². The van der Waals surface area contributed by atoms with Crippen LogP contribution in [0.15, 0.2) is 0 Å². The summed E-state index contributed by atoms with van der Waals surface area (Å²) in [5.41, 5.74) is -0.414. The van der Waals surface area contributed by atoms with Crippen molar-refractivity contribution < 1.29 is 4.74 Å². The molecule has 1 fully saturated rings. The molecule has 0 heterocycles. The molecule has 1 atom stereocenters. The third-order valence-electron chi connectivity index (χ3n) is 3.90. The van der Waals surface area contributed by atoms with Gasteiger partial charge in [0.15, 0.2) is 0 Å². The molecule has 1 aliphatic rings. The lowest BCUT2D eigenvalue weighted by Crippen LogP contribution is -2.45. The van der Waals surface area contributed by atoms with Crippen LogP contribution in [0.2, 0.25) is 0 Å². The molecule has 0 bridgehead atoms. The Hall–Kier alpha value is -0.590. The van der Waals surface area contributed by atoms with Crippen molar-refractivity contribution in [2.75, 3.05) is 13.2 Å². The van der Waals surface area contributed by atoms with E-state index in [0.717, 1.165) is 32.0 Å². The molecule has 110 valence electrons. The Bertz CT molecular complexity index is 279. The Labute approximate surface area is 118 Å². The number of nitrogens with zero attached hydrogens (tertiary/aromatic N) is 1. The van der Waals surface area contributed by atoms with Gasteiger partial charge in [0.2, 0.25) is 0 Å². The van der Waals surface area contributed by atoms with Gasteiger partial charge < -0.3 is 4.74 Å². The highest BCUT2D eigenvalue weighted by molar-refractivity contribution is 5.04. The average molecular weight is 266 g/mol. The largest absolute Gasteiger partial charge is 0.381 e. The first kappa shape index (κ1) is 16.5. The Balaban J connectivity index is 2.10. The van der Waals surface area contributed by atoms with Crippen molar-refractivity contribution in [1.82, 2.24) is 5.32 Å². The summed E-state index contributed by atoms with van der Waals surface area (Å²) in [6.07, 6.45) is 8.63. The Kier molecular flexibility index (Phi) is 7.41. The second-order valence-corrected chi connectivity index (χ2v) is 6.43. The maximum absolute atomic E-state index is 9.24. The van der Waals surface area contributed by atoms with E-state index in [1.165, 1.54) is 32.1 Å². The molecule has 19 heavy (non-hydrogen) atoms. The van der Waals surface area contributed by atoms with Crippen molar-refractivity contribution in [3.05, 3.63) is 0 Å². The van der Waals surface area contributed by atoms with Crippen LogP contribution in [0.3, 0.4) is 0 Å². The molecular weight excluding hydrogens is 236 g/mol. The van der Waals surface area contributed by atoms with Crippen LogP contribution in [0, 0.1) is 17.2 Å². The zero-order chi connectivity index (χ0) is 14.1. The minimum absolute atomic E-state index is 0.341. The molecule has 0 aliphatic heterocycles. The average Bonchev–Trinajstić information content (AvgIpc) is 2.39. The van der Waals surface area contributed by atoms with Crippen molar-refractivity contribution in [2.24, 2.45) is 5.92 Å². The Morgan fingerprint density at radius 3 is 2.58 bits per heavy atom. The van der Waals surface area contributed by atoms with E-state index < -0.39 is 5.54 Å². The molecule has 0 aromatic carbocycles. The predicted octanol–water partition coefficient (Wildman–Crippen LogP) is 3.64. The standard InChI is InChI=1S/C16H30N2O/c1-14(2)18-16(3,13-17)10-7-11-19-12-15-8-5-4-6-9-15/h14-15,18H,4-12H2,1-3H3. The van der Waals surface area contributed by atoms with Gasteiger partial charge in [-0.25, -0.2) is 0 Å². The van der Waals surface area contributed by atoms with Crippen molar-refractivity contribution in [3.8, 4) is 6.07 Å². The molecule has 0 spiro atoms. The van der Waals surface area contributed by atoms with E-state index in [4.69, 9.17) is 4.74 Å². The van der Waals surface area contributed by atoms with Gasteiger partial charge in [0, 0.05) is 19.3 Å². The van der Waals surface area contributed by atoms with Crippen LogP contribution in [-0.2, 0) is 4.74 Å². The number of nitrogens with one attached hydrogen (secondary N) is 1. The van der Waals surface area contributed by atoms with E-state index in [9.17, 15) is 5.26 Å². The van der Waals surface area contributed by atoms with Crippen molar-refractivity contribution in [3.63, 3.8) is 0 Å². The van der Waals surface area contributed by atoms with Crippen molar-refractivity contribution in [1.29, 1.82) is 5.26 Å². The van der Waals surface area contributed by atoms with Gasteiger partial charge in [0.25, 0.3) is 0 Å². The number of ether oxygens (including phenoxy) is 1. The van der Waals surface area contributed by atoms with Crippen LogP contribution >= 0.6 is 0 Å². The summed E-state index contributed by atoms with van der Waals surface area (Å²) in [5.74, 6) is 0.782. The number of hydrogen-bond donors (Lipinski definition) is 1.